The summed E-state index contributed by atoms with van der Waals surface area (Å²) in [6.07, 6.45) is 10.5. The van der Waals surface area contributed by atoms with Crippen LogP contribution >= 0.6 is 0 Å². The van der Waals surface area contributed by atoms with Gasteiger partial charge in [-0.05, 0) is 94.8 Å². The van der Waals surface area contributed by atoms with E-state index in [1.807, 2.05) is 47.8 Å². The van der Waals surface area contributed by atoms with Crippen LogP contribution in [-0.4, -0.2) is 75.2 Å². The summed E-state index contributed by atoms with van der Waals surface area (Å²) in [6, 6.07) is 15.2. The van der Waals surface area contributed by atoms with Crippen molar-refractivity contribution in [1.82, 2.24) is 24.8 Å². The number of pyridine rings is 1. The Morgan fingerprint density at radius 1 is 1.02 bits per heavy atom. The van der Waals surface area contributed by atoms with E-state index in [2.05, 4.69) is 51.3 Å². The van der Waals surface area contributed by atoms with Crippen LogP contribution in [-0.2, 0) is 9.59 Å². The third-order valence-electron chi connectivity index (χ3n) is 9.72. The first-order valence-electron chi connectivity index (χ1n) is 15.5. The van der Waals surface area contributed by atoms with Gasteiger partial charge in [0.1, 0.15) is 5.82 Å². The first-order valence-corrected chi connectivity index (χ1v) is 15.5. The SMILES string of the molecule is Cc1nc2c(C)cc(N3CCC(C)C3)cn2n1.O=CNC1CC2(CCC2N2CCC(C(=O)O)CC2)C1.c1ccccc1. The molecule has 1 amide bonds. The molecule has 2 aromatic heterocycles. The number of piperidine rings is 1. The van der Waals surface area contributed by atoms with Crippen molar-refractivity contribution in [3.05, 3.63) is 60.0 Å². The summed E-state index contributed by atoms with van der Waals surface area (Å²) in [5.74, 6) is 0.850. The van der Waals surface area contributed by atoms with Crippen LogP contribution in [0.1, 0.15) is 63.3 Å². The van der Waals surface area contributed by atoms with Gasteiger partial charge in [0, 0.05) is 25.2 Å². The van der Waals surface area contributed by atoms with Gasteiger partial charge in [0.25, 0.3) is 0 Å². The van der Waals surface area contributed by atoms with Crippen molar-refractivity contribution in [3.8, 4) is 0 Å². The summed E-state index contributed by atoms with van der Waals surface area (Å²) in [4.78, 5) is 30.8. The highest BCUT2D eigenvalue weighted by atomic mass is 16.4. The summed E-state index contributed by atoms with van der Waals surface area (Å²) < 4.78 is 1.91. The Bertz CT molecular complexity index is 1300. The minimum atomic E-state index is -0.637. The fourth-order valence-corrected chi connectivity index (χ4v) is 7.29. The molecule has 226 valence electrons. The van der Waals surface area contributed by atoms with Crippen molar-refractivity contribution in [3.63, 3.8) is 0 Å². The molecule has 4 aliphatic rings. The average molecular weight is 575 g/mol. The molecule has 1 spiro atoms. The van der Waals surface area contributed by atoms with Crippen molar-refractivity contribution in [1.29, 1.82) is 0 Å². The summed E-state index contributed by atoms with van der Waals surface area (Å²) in [6.45, 7) is 10.5. The van der Waals surface area contributed by atoms with Crippen LogP contribution in [0.3, 0.4) is 0 Å². The first-order chi connectivity index (χ1) is 20.3. The lowest BCUT2D eigenvalue weighted by molar-refractivity contribution is -0.146. The maximum atomic E-state index is 11.0. The van der Waals surface area contributed by atoms with Crippen molar-refractivity contribution in [2.45, 2.75) is 77.8 Å². The second-order valence-corrected chi connectivity index (χ2v) is 12.8. The maximum absolute atomic E-state index is 11.0. The Balaban J connectivity index is 0.000000141. The van der Waals surface area contributed by atoms with E-state index in [-0.39, 0.29) is 5.92 Å². The lowest BCUT2D eigenvalue weighted by Gasteiger charge is -2.62. The number of anilines is 1. The summed E-state index contributed by atoms with van der Waals surface area (Å²) >= 11 is 0. The lowest BCUT2D eigenvalue weighted by atomic mass is 9.50. The van der Waals surface area contributed by atoms with Gasteiger partial charge in [0.15, 0.2) is 5.65 Å². The van der Waals surface area contributed by atoms with Gasteiger partial charge in [-0.2, -0.15) is 5.10 Å². The molecule has 3 aromatic rings. The van der Waals surface area contributed by atoms with E-state index in [0.717, 1.165) is 75.7 Å². The largest absolute Gasteiger partial charge is 0.481 e. The monoisotopic (exact) mass is 574 g/mol. The number of aliphatic carboxylic acids is 1. The molecule has 1 aromatic carbocycles. The van der Waals surface area contributed by atoms with E-state index in [1.54, 1.807) is 0 Å². The molecule has 9 heteroatoms. The molecule has 2 unspecified atom stereocenters. The Labute approximate surface area is 249 Å². The molecular formula is C33H46N6O3. The number of carbonyl (C=O) groups excluding carboxylic acids is 1. The molecule has 9 nitrogen and oxygen atoms in total. The first kappa shape index (κ1) is 30.0. The summed E-state index contributed by atoms with van der Waals surface area (Å²) in [5.41, 5.74) is 3.86. The molecule has 7 rings (SSSR count). The molecule has 2 N–H and O–H groups in total. The zero-order chi connectivity index (χ0) is 29.7. The van der Waals surface area contributed by atoms with Crippen LogP contribution in [0.15, 0.2) is 48.7 Å². The van der Waals surface area contributed by atoms with Crippen LogP contribution in [0.2, 0.25) is 0 Å². The average Bonchev–Trinajstić information content (AvgIpc) is 3.57. The van der Waals surface area contributed by atoms with E-state index in [0.29, 0.717) is 17.5 Å². The van der Waals surface area contributed by atoms with Gasteiger partial charge in [0.2, 0.25) is 6.41 Å². The van der Waals surface area contributed by atoms with Crippen molar-refractivity contribution in [2.75, 3.05) is 31.1 Å². The van der Waals surface area contributed by atoms with Gasteiger partial charge in [-0.1, -0.05) is 43.3 Å². The molecule has 0 bridgehead atoms. The maximum Gasteiger partial charge on any atom is 0.306 e. The van der Waals surface area contributed by atoms with Crippen LogP contribution in [0.4, 0.5) is 5.69 Å². The number of aromatic nitrogens is 3. The molecule has 2 aliphatic heterocycles. The fraction of sp³-hybridized carbons (Fsp3) is 0.576. The zero-order valence-electron chi connectivity index (χ0n) is 25.3. The van der Waals surface area contributed by atoms with E-state index < -0.39 is 5.97 Å². The molecule has 4 heterocycles. The van der Waals surface area contributed by atoms with Crippen molar-refractivity contribution in [2.24, 2.45) is 17.3 Å². The van der Waals surface area contributed by atoms with E-state index >= 15 is 0 Å². The number of hydrogen-bond acceptors (Lipinski definition) is 6. The highest BCUT2D eigenvalue weighted by Gasteiger charge is 2.57. The van der Waals surface area contributed by atoms with Crippen LogP contribution in [0.5, 0.6) is 0 Å². The summed E-state index contributed by atoms with van der Waals surface area (Å²) in [7, 11) is 0. The highest BCUT2D eigenvalue weighted by molar-refractivity contribution is 5.70. The van der Waals surface area contributed by atoms with E-state index in [9.17, 15) is 9.59 Å². The number of aryl methyl sites for hydroxylation is 2. The molecule has 4 fully saturated rings. The van der Waals surface area contributed by atoms with Gasteiger partial charge in [-0.15, -0.1) is 0 Å². The number of likely N-dealkylation sites (tertiary alicyclic amines) is 1. The van der Waals surface area contributed by atoms with Crippen molar-refractivity contribution < 1.29 is 14.7 Å². The van der Waals surface area contributed by atoms with Crippen LogP contribution in [0, 0.1) is 31.1 Å². The van der Waals surface area contributed by atoms with Crippen LogP contribution in [0.25, 0.3) is 5.65 Å². The van der Waals surface area contributed by atoms with E-state index in [1.165, 1.54) is 30.5 Å². The highest BCUT2D eigenvalue weighted by Crippen LogP contribution is 2.58. The molecule has 2 saturated carbocycles. The van der Waals surface area contributed by atoms with Gasteiger partial charge >= 0.3 is 5.97 Å². The van der Waals surface area contributed by atoms with Gasteiger partial charge in [0.05, 0.1) is 17.8 Å². The predicted molar refractivity (Wildman–Crippen MR) is 165 cm³/mol. The van der Waals surface area contributed by atoms with Gasteiger partial charge < -0.3 is 15.3 Å². The molecule has 42 heavy (non-hydrogen) atoms. The second-order valence-electron chi connectivity index (χ2n) is 12.8. The number of benzene rings is 1. The smallest absolute Gasteiger partial charge is 0.306 e. The molecule has 2 saturated heterocycles. The number of carboxylic acid groups (broad SMARTS) is 1. The Morgan fingerprint density at radius 2 is 1.69 bits per heavy atom. The Kier molecular flexibility index (Phi) is 9.46. The minimum absolute atomic E-state index is 0.141. The molecular weight excluding hydrogens is 528 g/mol. The topological polar surface area (TPSA) is 103 Å². The lowest BCUT2D eigenvalue weighted by Crippen LogP contribution is -2.65. The van der Waals surface area contributed by atoms with Crippen LogP contribution < -0.4 is 10.2 Å². The number of carbonyl (C=O) groups is 2. The van der Waals surface area contributed by atoms with E-state index in [4.69, 9.17) is 5.11 Å². The predicted octanol–water partition coefficient (Wildman–Crippen LogP) is 4.72. The van der Waals surface area contributed by atoms with Gasteiger partial charge in [-0.25, -0.2) is 9.50 Å². The molecule has 0 radical (unpaired) electrons. The number of amides is 1. The standard InChI is InChI=1S/C14H22N2O3.C13H18N4.C6H6/c17-9-15-11-7-14(8-11)4-1-12(14)16-5-2-10(3-6-16)13(18)19;1-9-4-5-16(7-9)12-6-10(2)13-14-11(3)15-17(13)8-12;1-2-4-6-5-3-1/h9-12H,1-8H2,(H,15,17)(H,18,19);6,8-9H,4-5,7H2,1-3H3;1-6H. The molecule has 2 atom stereocenters. The third-order valence-corrected chi connectivity index (χ3v) is 9.72. The Morgan fingerprint density at radius 3 is 2.21 bits per heavy atom. The number of nitrogens with zero attached hydrogens (tertiary/aromatic N) is 5. The number of rotatable bonds is 5. The number of carboxylic acids is 1. The number of fused-ring (bicyclic) bond motifs is 1. The Hall–Kier alpha value is -3.46. The van der Waals surface area contributed by atoms with Gasteiger partial charge in [-0.3, -0.25) is 14.5 Å². The fourth-order valence-electron chi connectivity index (χ4n) is 7.29. The second kappa shape index (κ2) is 13.2. The summed E-state index contributed by atoms with van der Waals surface area (Å²) in [5, 5.41) is 16.3. The number of nitrogens with one attached hydrogen (secondary N) is 1. The number of hydrogen-bond donors (Lipinski definition) is 2. The zero-order valence-corrected chi connectivity index (χ0v) is 25.3. The minimum Gasteiger partial charge on any atom is -0.481 e. The van der Waals surface area contributed by atoms with Crippen molar-refractivity contribution >= 4 is 23.7 Å². The molecule has 2 aliphatic carbocycles. The third kappa shape index (κ3) is 6.77. The quantitative estimate of drug-likeness (QED) is 0.425. The normalized spacial score (nSPS) is 27.2.